The summed E-state index contributed by atoms with van der Waals surface area (Å²) in [5, 5.41) is 8.95. The molecule has 0 spiro atoms. The third-order valence-electron chi connectivity index (χ3n) is 5.26. The summed E-state index contributed by atoms with van der Waals surface area (Å²) < 4.78 is 12.3. The number of halogens is 1. The number of amides is 1. The van der Waals surface area contributed by atoms with Crippen LogP contribution in [0.15, 0.2) is 42.5 Å². The molecule has 0 unspecified atom stereocenters. The van der Waals surface area contributed by atoms with Crippen LogP contribution in [-0.2, 0) is 0 Å². The van der Waals surface area contributed by atoms with Crippen molar-refractivity contribution in [1.29, 1.82) is 0 Å². The monoisotopic (exact) mass is 450 g/mol. The van der Waals surface area contributed by atoms with Crippen molar-refractivity contribution in [1.82, 2.24) is 14.8 Å². The summed E-state index contributed by atoms with van der Waals surface area (Å²) in [6.07, 6.45) is 0. The fourth-order valence-electron chi connectivity index (χ4n) is 3.66. The van der Waals surface area contributed by atoms with E-state index in [4.69, 9.17) is 21.1 Å². The van der Waals surface area contributed by atoms with Gasteiger partial charge in [0.25, 0.3) is 5.91 Å². The Labute approximate surface area is 190 Å². The summed E-state index contributed by atoms with van der Waals surface area (Å²) in [7, 11) is 3.12. The van der Waals surface area contributed by atoms with Crippen LogP contribution in [0.1, 0.15) is 27.3 Å². The van der Waals surface area contributed by atoms with Crippen LogP contribution in [0, 0.1) is 20.8 Å². The molecule has 7 nitrogen and oxygen atoms in total. The number of hydrogen-bond acceptors (Lipinski definition) is 5. The molecule has 0 radical (unpaired) electrons. The van der Waals surface area contributed by atoms with Gasteiger partial charge in [0.2, 0.25) is 0 Å². The Morgan fingerprint density at radius 2 is 1.72 bits per heavy atom. The number of aromatic nitrogens is 3. The summed E-state index contributed by atoms with van der Waals surface area (Å²) in [4.78, 5) is 18.0. The van der Waals surface area contributed by atoms with E-state index in [1.165, 1.54) is 0 Å². The zero-order chi connectivity index (χ0) is 23.0. The standard InChI is InChI=1S/C24H23ClN4O3/c1-13-9-19(24(30)27-16-10-17(31-4)12-18(11-16)32-5)22-15(3)28-29(23(22)26-13)21-8-6-7-20(25)14(21)2/h6-12H,1-5H3,(H,27,30). The van der Waals surface area contributed by atoms with Gasteiger partial charge in [0.05, 0.1) is 36.6 Å². The molecule has 2 aromatic carbocycles. The number of hydrogen-bond donors (Lipinski definition) is 1. The van der Waals surface area contributed by atoms with Crippen LogP contribution >= 0.6 is 11.6 Å². The smallest absolute Gasteiger partial charge is 0.256 e. The van der Waals surface area contributed by atoms with Crippen LogP contribution in [0.3, 0.4) is 0 Å². The first-order valence-corrected chi connectivity index (χ1v) is 10.4. The number of anilines is 1. The Bertz CT molecular complexity index is 1320. The van der Waals surface area contributed by atoms with Gasteiger partial charge in [0.15, 0.2) is 5.65 Å². The van der Waals surface area contributed by atoms with Crippen LogP contribution in [0.5, 0.6) is 11.5 Å². The predicted molar refractivity (Wildman–Crippen MR) is 126 cm³/mol. The third kappa shape index (κ3) is 3.87. The number of ether oxygens (including phenoxy) is 2. The van der Waals surface area contributed by atoms with Crippen molar-refractivity contribution >= 4 is 34.2 Å². The van der Waals surface area contributed by atoms with E-state index in [9.17, 15) is 4.79 Å². The number of carbonyl (C=O) groups excluding carboxylic acids is 1. The number of fused-ring (bicyclic) bond motifs is 1. The second-order valence-corrected chi connectivity index (χ2v) is 7.85. The Balaban J connectivity index is 1.83. The Hall–Kier alpha value is -3.58. The number of benzene rings is 2. The molecule has 0 saturated carbocycles. The van der Waals surface area contributed by atoms with Gasteiger partial charge in [-0.25, -0.2) is 9.67 Å². The summed E-state index contributed by atoms with van der Waals surface area (Å²) in [6, 6.07) is 12.6. The SMILES string of the molecule is COc1cc(NC(=O)c2cc(C)nc3c2c(C)nn3-c2cccc(Cl)c2C)cc(OC)c1. The van der Waals surface area contributed by atoms with Gasteiger partial charge in [-0.1, -0.05) is 17.7 Å². The van der Waals surface area contributed by atoms with E-state index in [0.29, 0.717) is 50.2 Å². The van der Waals surface area contributed by atoms with Crippen molar-refractivity contribution in [2.24, 2.45) is 0 Å². The third-order valence-corrected chi connectivity index (χ3v) is 5.67. The van der Waals surface area contributed by atoms with Gasteiger partial charge in [0.1, 0.15) is 11.5 Å². The van der Waals surface area contributed by atoms with Crippen molar-refractivity contribution in [2.45, 2.75) is 20.8 Å². The van der Waals surface area contributed by atoms with Gasteiger partial charge in [-0.15, -0.1) is 0 Å². The maximum Gasteiger partial charge on any atom is 0.256 e. The first-order chi connectivity index (χ1) is 15.3. The normalized spacial score (nSPS) is 10.9. The van der Waals surface area contributed by atoms with Crippen molar-refractivity contribution < 1.29 is 14.3 Å². The molecule has 0 saturated heterocycles. The highest BCUT2D eigenvalue weighted by Gasteiger charge is 2.21. The summed E-state index contributed by atoms with van der Waals surface area (Å²) in [6.45, 7) is 5.64. The van der Waals surface area contributed by atoms with E-state index in [1.807, 2.05) is 39.0 Å². The topological polar surface area (TPSA) is 78.3 Å². The van der Waals surface area contributed by atoms with Crippen LogP contribution in [0.2, 0.25) is 5.02 Å². The minimum absolute atomic E-state index is 0.277. The molecule has 1 amide bonds. The van der Waals surface area contributed by atoms with E-state index < -0.39 is 0 Å². The first kappa shape index (κ1) is 21.6. The van der Waals surface area contributed by atoms with E-state index >= 15 is 0 Å². The molecule has 4 rings (SSSR count). The van der Waals surface area contributed by atoms with Gasteiger partial charge in [-0.3, -0.25) is 4.79 Å². The molecule has 0 aliphatic carbocycles. The lowest BCUT2D eigenvalue weighted by molar-refractivity contribution is 0.102. The zero-order valence-corrected chi connectivity index (χ0v) is 19.2. The molecule has 4 aromatic rings. The minimum atomic E-state index is -0.277. The average Bonchev–Trinajstić information content (AvgIpc) is 3.10. The number of pyridine rings is 1. The molecule has 2 aromatic heterocycles. The molecular formula is C24H23ClN4O3. The Kier molecular flexibility index (Phi) is 5.76. The fourth-order valence-corrected chi connectivity index (χ4v) is 3.83. The lowest BCUT2D eigenvalue weighted by atomic mass is 10.1. The van der Waals surface area contributed by atoms with Gasteiger partial charge in [0, 0.05) is 34.6 Å². The maximum atomic E-state index is 13.3. The number of nitrogens with zero attached hydrogens (tertiary/aromatic N) is 3. The van der Waals surface area contributed by atoms with Crippen molar-refractivity contribution in [3.8, 4) is 17.2 Å². The Morgan fingerprint density at radius 1 is 1.03 bits per heavy atom. The average molecular weight is 451 g/mol. The lowest BCUT2D eigenvalue weighted by Gasteiger charge is -2.12. The predicted octanol–water partition coefficient (Wildman–Crippen LogP) is 5.27. The maximum absolute atomic E-state index is 13.3. The van der Waals surface area contributed by atoms with Crippen LogP contribution in [-0.4, -0.2) is 34.9 Å². The highest BCUT2D eigenvalue weighted by molar-refractivity contribution is 6.31. The van der Waals surface area contributed by atoms with E-state index in [-0.39, 0.29) is 5.91 Å². The number of nitrogens with one attached hydrogen (secondary N) is 1. The van der Waals surface area contributed by atoms with Crippen molar-refractivity contribution in [2.75, 3.05) is 19.5 Å². The molecule has 0 aliphatic rings. The lowest BCUT2D eigenvalue weighted by Crippen LogP contribution is -2.13. The van der Waals surface area contributed by atoms with E-state index in [1.54, 1.807) is 43.2 Å². The summed E-state index contributed by atoms with van der Waals surface area (Å²) in [5.74, 6) is 0.883. The number of carbonyl (C=O) groups is 1. The molecule has 2 heterocycles. The quantitative estimate of drug-likeness (QED) is 0.448. The first-order valence-electron chi connectivity index (χ1n) is 9.99. The van der Waals surface area contributed by atoms with Gasteiger partial charge < -0.3 is 14.8 Å². The molecule has 0 fully saturated rings. The number of rotatable bonds is 5. The second kappa shape index (κ2) is 8.51. The number of methoxy groups -OCH3 is 2. The largest absolute Gasteiger partial charge is 0.497 e. The van der Waals surface area contributed by atoms with Crippen LogP contribution < -0.4 is 14.8 Å². The van der Waals surface area contributed by atoms with Crippen LogP contribution in [0.25, 0.3) is 16.7 Å². The zero-order valence-electron chi connectivity index (χ0n) is 18.5. The molecule has 0 aliphatic heterocycles. The minimum Gasteiger partial charge on any atom is -0.497 e. The molecule has 164 valence electrons. The van der Waals surface area contributed by atoms with Crippen molar-refractivity contribution in [3.63, 3.8) is 0 Å². The van der Waals surface area contributed by atoms with Gasteiger partial charge >= 0.3 is 0 Å². The Morgan fingerprint density at radius 3 is 2.38 bits per heavy atom. The van der Waals surface area contributed by atoms with E-state index in [2.05, 4.69) is 15.4 Å². The summed E-state index contributed by atoms with van der Waals surface area (Å²) >= 11 is 6.33. The highest BCUT2D eigenvalue weighted by Crippen LogP contribution is 2.30. The highest BCUT2D eigenvalue weighted by atomic mass is 35.5. The summed E-state index contributed by atoms with van der Waals surface area (Å²) in [5.41, 5.74) is 4.74. The van der Waals surface area contributed by atoms with Crippen molar-refractivity contribution in [3.05, 3.63) is 70.0 Å². The molecule has 32 heavy (non-hydrogen) atoms. The fraction of sp³-hybridized carbons (Fsp3) is 0.208. The molecular weight excluding hydrogens is 428 g/mol. The second-order valence-electron chi connectivity index (χ2n) is 7.45. The van der Waals surface area contributed by atoms with E-state index in [0.717, 1.165) is 11.3 Å². The van der Waals surface area contributed by atoms with Crippen LogP contribution in [0.4, 0.5) is 5.69 Å². The van der Waals surface area contributed by atoms with Gasteiger partial charge in [-0.05, 0) is 44.5 Å². The molecule has 8 heteroatoms. The van der Waals surface area contributed by atoms with Gasteiger partial charge in [-0.2, -0.15) is 5.10 Å². The molecule has 1 N–H and O–H groups in total. The number of aryl methyl sites for hydroxylation is 2. The molecule has 0 bridgehead atoms. The molecule has 0 atom stereocenters.